The summed E-state index contributed by atoms with van der Waals surface area (Å²) in [5, 5.41) is 2.94. The molecule has 1 aliphatic heterocycles. The molecule has 0 unspecified atom stereocenters. The summed E-state index contributed by atoms with van der Waals surface area (Å²) in [6, 6.07) is 8.21. The molecule has 1 saturated carbocycles. The number of benzene rings is 1. The van der Waals surface area contributed by atoms with Gasteiger partial charge in [0.1, 0.15) is 0 Å². The first-order valence-electron chi connectivity index (χ1n) is 8.45. The number of amides is 1. The van der Waals surface area contributed by atoms with Gasteiger partial charge < -0.3 is 5.32 Å². The lowest BCUT2D eigenvalue weighted by Crippen LogP contribution is -2.35. The van der Waals surface area contributed by atoms with Crippen LogP contribution in [0.1, 0.15) is 29.9 Å². The summed E-state index contributed by atoms with van der Waals surface area (Å²) < 4.78 is 37.2. The second kappa shape index (κ2) is 6.75. The van der Waals surface area contributed by atoms with Gasteiger partial charge in [0.05, 0.1) is 6.54 Å². The van der Waals surface area contributed by atoms with Gasteiger partial charge in [-0.2, -0.15) is 13.2 Å². The lowest BCUT2D eigenvalue weighted by atomic mass is 10.1. The van der Waals surface area contributed by atoms with Crippen LogP contribution < -0.4 is 5.32 Å². The summed E-state index contributed by atoms with van der Waals surface area (Å²) in [5.74, 6) is 0.456. The van der Waals surface area contributed by atoms with Crippen LogP contribution in [0.15, 0.2) is 24.3 Å². The number of carbonyl (C=O) groups is 1. The van der Waals surface area contributed by atoms with Crippen LogP contribution in [-0.4, -0.2) is 43.2 Å². The number of halogens is 3. The monoisotopic (exact) mass is 340 g/mol. The van der Waals surface area contributed by atoms with E-state index in [-0.39, 0.29) is 23.7 Å². The molecular weight excluding hydrogens is 317 g/mol. The van der Waals surface area contributed by atoms with Crippen LogP contribution in [0.2, 0.25) is 0 Å². The van der Waals surface area contributed by atoms with Crippen molar-refractivity contribution in [2.75, 3.05) is 26.2 Å². The second-order valence-electron chi connectivity index (χ2n) is 7.11. The van der Waals surface area contributed by atoms with Gasteiger partial charge in [-0.05, 0) is 43.7 Å². The number of likely N-dealkylation sites (tertiary alicyclic amines) is 1. The molecule has 3 nitrogen and oxygen atoms in total. The van der Waals surface area contributed by atoms with E-state index in [0.29, 0.717) is 26.1 Å². The average Bonchev–Trinajstić information content (AvgIpc) is 3.18. The number of nitrogens with one attached hydrogen (secondary N) is 1. The highest BCUT2D eigenvalue weighted by Gasteiger charge is 2.44. The Morgan fingerprint density at radius 1 is 1.38 bits per heavy atom. The molecule has 0 radical (unpaired) electrons. The van der Waals surface area contributed by atoms with Crippen LogP contribution in [-0.2, 0) is 4.79 Å². The number of hydrogen-bond donors (Lipinski definition) is 1. The molecule has 1 N–H and O–H groups in total. The third kappa shape index (κ3) is 4.50. The van der Waals surface area contributed by atoms with Crippen molar-refractivity contribution in [1.82, 2.24) is 10.2 Å². The van der Waals surface area contributed by atoms with Gasteiger partial charge in [-0.25, -0.2) is 0 Å². The smallest absolute Gasteiger partial charge is 0.356 e. The molecule has 1 aliphatic carbocycles. The van der Waals surface area contributed by atoms with E-state index in [1.165, 1.54) is 16.0 Å². The average molecular weight is 340 g/mol. The van der Waals surface area contributed by atoms with Crippen LogP contribution in [0.3, 0.4) is 0 Å². The fourth-order valence-corrected chi connectivity index (χ4v) is 3.61. The highest BCUT2D eigenvalue weighted by atomic mass is 19.4. The Labute approximate surface area is 140 Å². The number of aryl methyl sites for hydroxylation is 1. The van der Waals surface area contributed by atoms with E-state index < -0.39 is 12.7 Å². The first kappa shape index (κ1) is 17.3. The minimum absolute atomic E-state index is 0.0134. The maximum atomic E-state index is 12.4. The minimum Gasteiger partial charge on any atom is -0.356 e. The predicted molar refractivity (Wildman–Crippen MR) is 85.6 cm³/mol. The fourth-order valence-electron chi connectivity index (χ4n) is 3.61. The van der Waals surface area contributed by atoms with E-state index in [0.717, 1.165) is 6.42 Å². The molecule has 132 valence electrons. The standard InChI is InChI=1S/C18H23F3N2O/c1-12-3-2-4-14(7-12)15-8-16(15)17(24)22-9-13-5-6-23(10-13)11-18(19,20)21/h2-4,7,13,15-16H,5-6,8-11H2,1H3,(H,22,24)/t13-,15-,16+/m0/s1. The molecule has 3 atom stereocenters. The van der Waals surface area contributed by atoms with Crippen LogP contribution in [0.25, 0.3) is 0 Å². The first-order chi connectivity index (χ1) is 11.3. The predicted octanol–water partition coefficient (Wildman–Crippen LogP) is 3.10. The molecule has 1 aromatic carbocycles. The summed E-state index contributed by atoms with van der Waals surface area (Å²) >= 11 is 0. The maximum absolute atomic E-state index is 12.4. The molecule has 1 amide bonds. The molecule has 24 heavy (non-hydrogen) atoms. The highest BCUT2D eigenvalue weighted by Crippen LogP contribution is 2.47. The van der Waals surface area contributed by atoms with Crippen molar-refractivity contribution in [2.45, 2.75) is 31.9 Å². The summed E-state index contributed by atoms with van der Waals surface area (Å²) in [6.45, 7) is 2.52. The lowest BCUT2D eigenvalue weighted by Gasteiger charge is -2.18. The molecule has 2 aliphatic rings. The zero-order valence-electron chi connectivity index (χ0n) is 13.8. The van der Waals surface area contributed by atoms with Crippen LogP contribution in [0.4, 0.5) is 13.2 Å². The van der Waals surface area contributed by atoms with Gasteiger partial charge in [-0.3, -0.25) is 9.69 Å². The van der Waals surface area contributed by atoms with Gasteiger partial charge in [0.25, 0.3) is 0 Å². The Bertz CT molecular complexity index is 602. The molecule has 6 heteroatoms. The number of carbonyl (C=O) groups excluding carboxylic acids is 1. The lowest BCUT2D eigenvalue weighted by molar-refractivity contribution is -0.143. The number of alkyl halides is 3. The van der Waals surface area contributed by atoms with Gasteiger partial charge in [0.15, 0.2) is 0 Å². The number of nitrogens with zero attached hydrogens (tertiary/aromatic N) is 1. The van der Waals surface area contributed by atoms with E-state index in [1.54, 1.807) is 0 Å². The summed E-state index contributed by atoms with van der Waals surface area (Å²) in [5.41, 5.74) is 2.39. The molecule has 2 fully saturated rings. The van der Waals surface area contributed by atoms with Gasteiger partial charge in [-0.1, -0.05) is 29.8 Å². The molecular formula is C18H23F3N2O. The van der Waals surface area contributed by atoms with Crippen molar-refractivity contribution in [3.8, 4) is 0 Å². The third-order valence-electron chi connectivity index (χ3n) is 4.94. The highest BCUT2D eigenvalue weighted by molar-refractivity contribution is 5.82. The van der Waals surface area contributed by atoms with E-state index in [9.17, 15) is 18.0 Å². The van der Waals surface area contributed by atoms with Gasteiger partial charge in [-0.15, -0.1) is 0 Å². The van der Waals surface area contributed by atoms with E-state index in [2.05, 4.69) is 17.4 Å². The number of hydrogen-bond acceptors (Lipinski definition) is 2. The van der Waals surface area contributed by atoms with Crippen molar-refractivity contribution >= 4 is 5.91 Å². The van der Waals surface area contributed by atoms with Crippen molar-refractivity contribution in [1.29, 1.82) is 0 Å². The van der Waals surface area contributed by atoms with Gasteiger partial charge in [0, 0.05) is 19.0 Å². The first-order valence-corrected chi connectivity index (χ1v) is 8.45. The second-order valence-corrected chi connectivity index (χ2v) is 7.11. The molecule has 1 saturated heterocycles. The molecule has 1 heterocycles. The zero-order chi connectivity index (χ0) is 17.3. The largest absolute Gasteiger partial charge is 0.401 e. The van der Waals surface area contributed by atoms with Crippen molar-refractivity contribution < 1.29 is 18.0 Å². The van der Waals surface area contributed by atoms with Crippen molar-refractivity contribution in [2.24, 2.45) is 11.8 Å². The Morgan fingerprint density at radius 3 is 2.88 bits per heavy atom. The summed E-state index contributed by atoms with van der Waals surface area (Å²) in [4.78, 5) is 13.7. The van der Waals surface area contributed by atoms with Crippen LogP contribution in [0, 0.1) is 18.8 Å². The van der Waals surface area contributed by atoms with Crippen LogP contribution in [0.5, 0.6) is 0 Å². The third-order valence-corrected chi connectivity index (χ3v) is 4.94. The Kier molecular flexibility index (Phi) is 4.85. The van der Waals surface area contributed by atoms with Gasteiger partial charge >= 0.3 is 6.18 Å². The topological polar surface area (TPSA) is 32.3 Å². The quantitative estimate of drug-likeness (QED) is 0.893. The molecule has 3 rings (SSSR count). The number of rotatable bonds is 5. The molecule has 0 bridgehead atoms. The molecule has 1 aromatic rings. The molecule has 0 aromatic heterocycles. The van der Waals surface area contributed by atoms with Gasteiger partial charge in [0.2, 0.25) is 5.91 Å². The Morgan fingerprint density at radius 2 is 2.17 bits per heavy atom. The fraction of sp³-hybridized carbons (Fsp3) is 0.611. The maximum Gasteiger partial charge on any atom is 0.401 e. The zero-order valence-corrected chi connectivity index (χ0v) is 13.8. The Balaban J connectivity index is 1.41. The summed E-state index contributed by atoms with van der Waals surface area (Å²) in [7, 11) is 0. The van der Waals surface area contributed by atoms with Crippen molar-refractivity contribution in [3.05, 3.63) is 35.4 Å². The van der Waals surface area contributed by atoms with E-state index in [4.69, 9.17) is 0 Å². The van der Waals surface area contributed by atoms with E-state index in [1.807, 2.05) is 19.1 Å². The summed E-state index contributed by atoms with van der Waals surface area (Å²) in [6.07, 6.45) is -2.57. The van der Waals surface area contributed by atoms with Crippen molar-refractivity contribution in [3.63, 3.8) is 0 Å². The minimum atomic E-state index is -4.15. The normalized spacial score (nSPS) is 27.2. The SMILES string of the molecule is Cc1cccc([C@@H]2C[C@H]2C(=O)NC[C@@H]2CCN(CC(F)(F)F)C2)c1. The Hall–Kier alpha value is -1.56. The molecule has 0 spiro atoms. The van der Waals surface area contributed by atoms with E-state index >= 15 is 0 Å². The van der Waals surface area contributed by atoms with Crippen LogP contribution >= 0.6 is 0 Å².